The zero-order valence-corrected chi connectivity index (χ0v) is 13.9. The van der Waals surface area contributed by atoms with Crippen molar-refractivity contribution in [1.29, 1.82) is 0 Å². The van der Waals surface area contributed by atoms with Crippen LogP contribution in [0.5, 0.6) is 0 Å². The van der Waals surface area contributed by atoms with Gasteiger partial charge in [0.05, 0.1) is 0 Å². The minimum Gasteiger partial charge on any atom is -0.382 e. The lowest BCUT2D eigenvalue weighted by Crippen LogP contribution is -2.01. The van der Waals surface area contributed by atoms with Gasteiger partial charge in [0.25, 0.3) is 0 Å². The summed E-state index contributed by atoms with van der Waals surface area (Å²) in [5, 5.41) is 0. The molecule has 0 rings (SSSR count). The fraction of sp³-hybridized carbons (Fsp3) is 0.944. The number of unbranched alkanes of at least 4 members (excludes halogenated alkanes) is 9. The molecule has 0 aliphatic rings. The lowest BCUT2D eigenvalue weighted by molar-refractivity contribution is -0.119. The molecule has 0 N–H and O–H groups in total. The fourth-order valence-electron chi connectivity index (χ4n) is 2.45. The van der Waals surface area contributed by atoms with Crippen LogP contribution < -0.4 is 0 Å². The van der Waals surface area contributed by atoms with Crippen LogP contribution in [0.4, 0.5) is 0 Å². The molecule has 0 bridgehead atoms. The van der Waals surface area contributed by atoms with Gasteiger partial charge in [-0.15, -0.1) is 0 Å². The molecule has 0 atom stereocenters. The standard InChI is InChI=1S/C18H36O2/c1-3-5-6-7-8-9-10-11-12-13-15-18(19)16-14-17-20-4-2/h3-17H2,1-2H3. The molecule has 0 saturated heterocycles. The van der Waals surface area contributed by atoms with E-state index in [1.165, 1.54) is 57.8 Å². The van der Waals surface area contributed by atoms with Gasteiger partial charge in [-0.25, -0.2) is 0 Å². The molecular weight excluding hydrogens is 248 g/mol. The van der Waals surface area contributed by atoms with Crippen molar-refractivity contribution in [3.63, 3.8) is 0 Å². The van der Waals surface area contributed by atoms with Crippen LogP contribution in [-0.4, -0.2) is 19.0 Å². The highest BCUT2D eigenvalue weighted by Crippen LogP contribution is 2.11. The lowest BCUT2D eigenvalue weighted by Gasteiger charge is -2.03. The third-order valence-corrected chi connectivity index (χ3v) is 3.76. The predicted octanol–water partition coefficient (Wildman–Crippen LogP) is 5.68. The van der Waals surface area contributed by atoms with Gasteiger partial charge in [0.2, 0.25) is 0 Å². The predicted molar refractivity (Wildman–Crippen MR) is 87.2 cm³/mol. The topological polar surface area (TPSA) is 26.3 Å². The van der Waals surface area contributed by atoms with Crippen LogP contribution in [0.15, 0.2) is 0 Å². The summed E-state index contributed by atoms with van der Waals surface area (Å²) in [5.74, 6) is 0.421. The summed E-state index contributed by atoms with van der Waals surface area (Å²) in [7, 11) is 0. The minimum atomic E-state index is 0.421. The summed E-state index contributed by atoms with van der Waals surface area (Å²) in [5.41, 5.74) is 0. The van der Waals surface area contributed by atoms with Crippen LogP contribution in [-0.2, 0) is 9.53 Å². The van der Waals surface area contributed by atoms with E-state index < -0.39 is 0 Å². The molecule has 0 aromatic heterocycles. The quantitative estimate of drug-likeness (QED) is 0.341. The van der Waals surface area contributed by atoms with Crippen molar-refractivity contribution < 1.29 is 9.53 Å². The molecule has 0 saturated carbocycles. The Balaban J connectivity index is 3.09. The van der Waals surface area contributed by atoms with Gasteiger partial charge >= 0.3 is 0 Å². The average Bonchev–Trinajstić information content (AvgIpc) is 2.45. The van der Waals surface area contributed by atoms with Crippen LogP contribution in [0.2, 0.25) is 0 Å². The molecule has 0 unspecified atom stereocenters. The summed E-state index contributed by atoms with van der Waals surface area (Å²) in [4.78, 5) is 11.6. The highest BCUT2D eigenvalue weighted by molar-refractivity contribution is 5.78. The number of carbonyl (C=O) groups excluding carboxylic acids is 1. The Hall–Kier alpha value is -0.370. The molecule has 0 aliphatic heterocycles. The van der Waals surface area contributed by atoms with E-state index in [-0.39, 0.29) is 0 Å². The van der Waals surface area contributed by atoms with Gasteiger partial charge < -0.3 is 4.74 Å². The molecule has 0 aliphatic carbocycles. The Morgan fingerprint density at radius 1 is 0.700 bits per heavy atom. The normalized spacial score (nSPS) is 10.9. The number of carbonyl (C=O) groups is 1. The number of ether oxygens (including phenoxy) is 1. The molecule has 0 aromatic carbocycles. The first-order valence-corrected chi connectivity index (χ1v) is 8.90. The summed E-state index contributed by atoms with van der Waals surface area (Å²) >= 11 is 0. The van der Waals surface area contributed by atoms with Crippen LogP contribution in [0.25, 0.3) is 0 Å². The first-order chi connectivity index (χ1) is 9.81. The number of ketones is 1. The first-order valence-electron chi connectivity index (χ1n) is 8.90. The van der Waals surface area contributed by atoms with E-state index >= 15 is 0 Å². The zero-order chi connectivity index (χ0) is 14.9. The molecule has 0 radical (unpaired) electrons. The molecule has 120 valence electrons. The number of Topliss-reactive ketones (excluding diaryl/α,β-unsaturated/α-hetero) is 1. The van der Waals surface area contributed by atoms with Crippen molar-refractivity contribution >= 4 is 5.78 Å². The number of rotatable bonds is 16. The van der Waals surface area contributed by atoms with Gasteiger partial charge in [-0.3, -0.25) is 4.79 Å². The Morgan fingerprint density at radius 3 is 1.75 bits per heavy atom. The van der Waals surface area contributed by atoms with E-state index in [1.54, 1.807) is 0 Å². The second-order valence-electron chi connectivity index (χ2n) is 5.77. The SMILES string of the molecule is CCCCCCCCCCCCC(=O)CCCOCC. The number of hydrogen-bond acceptors (Lipinski definition) is 2. The highest BCUT2D eigenvalue weighted by atomic mass is 16.5. The van der Waals surface area contributed by atoms with Crippen molar-refractivity contribution in [2.45, 2.75) is 97.3 Å². The monoisotopic (exact) mass is 284 g/mol. The van der Waals surface area contributed by atoms with E-state index in [0.29, 0.717) is 12.2 Å². The Kier molecular flexibility index (Phi) is 16.4. The molecule has 0 heterocycles. The lowest BCUT2D eigenvalue weighted by atomic mass is 10.0. The van der Waals surface area contributed by atoms with Crippen LogP contribution in [0.3, 0.4) is 0 Å². The third kappa shape index (κ3) is 15.7. The van der Waals surface area contributed by atoms with Crippen LogP contribution in [0.1, 0.15) is 97.3 Å². The Morgan fingerprint density at radius 2 is 1.20 bits per heavy atom. The Labute approximate surface area is 126 Å². The molecule has 0 fully saturated rings. The van der Waals surface area contributed by atoms with Gasteiger partial charge in [0.15, 0.2) is 0 Å². The molecular formula is C18H36O2. The van der Waals surface area contributed by atoms with Gasteiger partial charge in [0, 0.05) is 26.1 Å². The van der Waals surface area contributed by atoms with Gasteiger partial charge in [0.1, 0.15) is 5.78 Å². The third-order valence-electron chi connectivity index (χ3n) is 3.76. The molecule has 0 aromatic rings. The van der Waals surface area contributed by atoms with E-state index in [2.05, 4.69) is 6.92 Å². The van der Waals surface area contributed by atoms with E-state index in [0.717, 1.165) is 32.5 Å². The van der Waals surface area contributed by atoms with Gasteiger partial charge in [-0.2, -0.15) is 0 Å². The van der Waals surface area contributed by atoms with E-state index in [4.69, 9.17) is 4.74 Å². The maximum absolute atomic E-state index is 11.6. The number of hydrogen-bond donors (Lipinski definition) is 0. The second-order valence-corrected chi connectivity index (χ2v) is 5.77. The summed E-state index contributed by atoms with van der Waals surface area (Å²) in [6, 6.07) is 0. The van der Waals surface area contributed by atoms with E-state index in [1.807, 2.05) is 6.92 Å². The maximum atomic E-state index is 11.6. The zero-order valence-electron chi connectivity index (χ0n) is 13.9. The minimum absolute atomic E-state index is 0.421. The molecule has 2 nitrogen and oxygen atoms in total. The average molecular weight is 284 g/mol. The summed E-state index contributed by atoms with van der Waals surface area (Å²) < 4.78 is 5.24. The van der Waals surface area contributed by atoms with Gasteiger partial charge in [-0.1, -0.05) is 64.7 Å². The van der Waals surface area contributed by atoms with Crippen molar-refractivity contribution in [2.24, 2.45) is 0 Å². The summed E-state index contributed by atoms with van der Waals surface area (Å²) in [6.45, 7) is 5.75. The largest absolute Gasteiger partial charge is 0.382 e. The second kappa shape index (κ2) is 16.7. The smallest absolute Gasteiger partial charge is 0.132 e. The molecule has 20 heavy (non-hydrogen) atoms. The van der Waals surface area contributed by atoms with Crippen LogP contribution >= 0.6 is 0 Å². The highest BCUT2D eigenvalue weighted by Gasteiger charge is 2.01. The first kappa shape index (κ1) is 19.6. The Bertz CT molecular complexity index is 202. The van der Waals surface area contributed by atoms with Crippen LogP contribution in [0, 0.1) is 0 Å². The molecule has 2 heteroatoms. The van der Waals surface area contributed by atoms with Gasteiger partial charge in [-0.05, 0) is 19.8 Å². The van der Waals surface area contributed by atoms with Crippen molar-refractivity contribution in [3.05, 3.63) is 0 Å². The van der Waals surface area contributed by atoms with Crippen molar-refractivity contribution in [3.8, 4) is 0 Å². The van der Waals surface area contributed by atoms with Crippen molar-refractivity contribution in [2.75, 3.05) is 13.2 Å². The fourth-order valence-corrected chi connectivity index (χ4v) is 2.45. The summed E-state index contributed by atoms with van der Waals surface area (Å²) in [6.07, 6.45) is 15.7. The van der Waals surface area contributed by atoms with E-state index in [9.17, 15) is 4.79 Å². The van der Waals surface area contributed by atoms with Crippen molar-refractivity contribution in [1.82, 2.24) is 0 Å². The maximum Gasteiger partial charge on any atom is 0.132 e. The molecule has 0 amide bonds. The molecule has 0 spiro atoms.